The topological polar surface area (TPSA) is 62.0 Å². The van der Waals surface area contributed by atoms with E-state index in [0.717, 1.165) is 51.4 Å². The number of hydrogen-bond donors (Lipinski definition) is 0. The van der Waals surface area contributed by atoms with Crippen LogP contribution in [0.1, 0.15) is 12.8 Å². The molecule has 0 saturated carbocycles. The summed E-state index contributed by atoms with van der Waals surface area (Å²) in [6, 6.07) is 24.5. The molecule has 0 amide bonds. The summed E-state index contributed by atoms with van der Waals surface area (Å²) in [5, 5.41) is 2.98. The fraction of sp³-hybridized carbons (Fsp3) is 0.571. The molecule has 2 heterocycles. The normalized spacial score (nSPS) is 19.1. The van der Waals surface area contributed by atoms with Crippen LogP contribution in [0.4, 0.5) is 0 Å². The van der Waals surface area contributed by atoms with E-state index >= 15 is 0 Å². The lowest BCUT2D eigenvalue weighted by molar-refractivity contribution is 0.0416. The molecule has 2 unspecified atom stereocenters. The summed E-state index contributed by atoms with van der Waals surface area (Å²) in [5.74, 6) is 0. The Morgan fingerprint density at radius 1 is 0.571 bits per heavy atom. The van der Waals surface area contributed by atoms with E-state index in [2.05, 4.69) is 60.7 Å². The first-order valence-electron chi connectivity index (χ1n) is 13.0. The molecule has 0 aromatic heterocycles. The molecule has 0 N–H and O–H groups in total. The Balaban J connectivity index is 1.28. The van der Waals surface area contributed by atoms with Gasteiger partial charge in [-0.1, -0.05) is 71.0 Å². The first kappa shape index (κ1) is 26.5. The van der Waals surface area contributed by atoms with E-state index in [9.17, 15) is 0 Å². The fourth-order valence-electron chi connectivity index (χ4n) is 4.53. The van der Waals surface area contributed by atoms with Gasteiger partial charge in [-0.2, -0.15) is 0 Å². The van der Waals surface area contributed by atoms with Gasteiger partial charge in [0.15, 0.2) is 0 Å². The van der Waals surface area contributed by atoms with Gasteiger partial charge in [-0.05, 0) is 24.9 Å². The summed E-state index contributed by atoms with van der Waals surface area (Å²) in [4.78, 5) is 0. The lowest BCUT2D eigenvalue weighted by Crippen LogP contribution is -2.58. The Bertz CT molecular complexity index is 743. The minimum absolute atomic E-state index is 0.312. The average molecular weight is 501 g/mol. The average Bonchev–Trinajstić information content (AvgIpc) is 3.83. The van der Waals surface area contributed by atoms with Crippen molar-refractivity contribution in [3.05, 3.63) is 60.7 Å². The Hall–Kier alpha value is -1.58. The SMILES string of the molecule is c1ccc([Si](CCCOCCOCC2CO2)(CCCOCCOCC2CO2)c2ccccc2)cc1. The number of hydrogen-bond acceptors (Lipinski definition) is 6. The lowest BCUT2D eigenvalue weighted by atomic mass is 10.4. The molecule has 2 aliphatic heterocycles. The Labute approximate surface area is 210 Å². The Kier molecular flexibility index (Phi) is 11.2. The van der Waals surface area contributed by atoms with Gasteiger partial charge in [0.25, 0.3) is 0 Å². The maximum Gasteiger partial charge on any atom is 0.118 e. The molecule has 0 aliphatic carbocycles. The third-order valence-electron chi connectivity index (χ3n) is 6.59. The molecule has 2 aromatic rings. The van der Waals surface area contributed by atoms with Crippen LogP contribution in [0.2, 0.25) is 12.1 Å². The van der Waals surface area contributed by atoms with Crippen molar-refractivity contribution in [2.75, 3.05) is 66.1 Å². The molecule has 0 bridgehead atoms. The summed E-state index contributed by atoms with van der Waals surface area (Å²) in [6.45, 7) is 7.11. The van der Waals surface area contributed by atoms with Crippen LogP contribution in [-0.2, 0) is 28.4 Å². The zero-order valence-electron chi connectivity index (χ0n) is 20.8. The van der Waals surface area contributed by atoms with Gasteiger partial charge >= 0.3 is 0 Å². The molecule has 2 atom stereocenters. The van der Waals surface area contributed by atoms with Gasteiger partial charge < -0.3 is 28.4 Å². The van der Waals surface area contributed by atoms with Gasteiger partial charge in [0, 0.05) is 13.2 Å². The van der Waals surface area contributed by atoms with E-state index in [1.807, 2.05) is 0 Å². The Morgan fingerprint density at radius 3 is 1.37 bits per heavy atom. The van der Waals surface area contributed by atoms with Gasteiger partial charge in [-0.15, -0.1) is 0 Å². The molecule has 192 valence electrons. The van der Waals surface area contributed by atoms with Gasteiger partial charge in [-0.25, -0.2) is 0 Å². The zero-order chi connectivity index (χ0) is 24.0. The maximum absolute atomic E-state index is 5.91. The lowest BCUT2D eigenvalue weighted by Gasteiger charge is -2.33. The van der Waals surface area contributed by atoms with Gasteiger partial charge in [0.05, 0.1) is 52.9 Å². The summed E-state index contributed by atoms with van der Waals surface area (Å²) >= 11 is 0. The highest BCUT2D eigenvalue weighted by atomic mass is 28.3. The van der Waals surface area contributed by atoms with Crippen molar-refractivity contribution in [2.24, 2.45) is 0 Å². The molecule has 2 aromatic carbocycles. The van der Waals surface area contributed by atoms with Crippen molar-refractivity contribution in [1.82, 2.24) is 0 Å². The number of epoxide rings is 2. The molecule has 2 fully saturated rings. The van der Waals surface area contributed by atoms with Crippen LogP contribution in [0.15, 0.2) is 60.7 Å². The van der Waals surface area contributed by atoms with Crippen LogP contribution in [-0.4, -0.2) is 86.4 Å². The predicted octanol–water partition coefficient (Wildman–Crippen LogP) is 2.89. The molecule has 0 radical (unpaired) electrons. The first-order valence-corrected chi connectivity index (χ1v) is 15.4. The number of rotatable bonds is 20. The number of benzene rings is 2. The first-order chi connectivity index (χ1) is 17.4. The monoisotopic (exact) mass is 500 g/mol. The van der Waals surface area contributed by atoms with E-state index in [4.69, 9.17) is 28.4 Å². The second-order valence-corrected chi connectivity index (χ2v) is 13.6. The summed E-state index contributed by atoms with van der Waals surface area (Å²) in [5.41, 5.74) is 0. The van der Waals surface area contributed by atoms with Gasteiger partial charge in [0.1, 0.15) is 20.3 Å². The highest BCUT2D eigenvalue weighted by Crippen LogP contribution is 2.21. The van der Waals surface area contributed by atoms with Crippen molar-refractivity contribution >= 4 is 18.4 Å². The van der Waals surface area contributed by atoms with Crippen molar-refractivity contribution < 1.29 is 28.4 Å². The third kappa shape index (κ3) is 9.42. The largest absolute Gasteiger partial charge is 0.379 e. The van der Waals surface area contributed by atoms with Crippen molar-refractivity contribution in [1.29, 1.82) is 0 Å². The van der Waals surface area contributed by atoms with Crippen LogP contribution in [0.25, 0.3) is 0 Å². The van der Waals surface area contributed by atoms with Crippen LogP contribution in [0.3, 0.4) is 0 Å². The quantitative estimate of drug-likeness (QED) is 0.158. The zero-order valence-corrected chi connectivity index (χ0v) is 21.8. The fourth-order valence-corrected chi connectivity index (χ4v) is 9.43. The van der Waals surface area contributed by atoms with Crippen molar-refractivity contribution in [2.45, 2.75) is 37.1 Å². The van der Waals surface area contributed by atoms with E-state index in [0.29, 0.717) is 51.8 Å². The summed E-state index contributed by atoms with van der Waals surface area (Å²) in [7, 11) is -1.97. The van der Waals surface area contributed by atoms with Crippen LogP contribution < -0.4 is 10.4 Å². The van der Waals surface area contributed by atoms with E-state index in [-0.39, 0.29) is 0 Å². The molecule has 35 heavy (non-hydrogen) atoms. The van der Waals surface area contributed by atoms with E-state index < -0.39 is 8.07 Å². The second-order valence-electron chi connectivity index (χ2n) is 9.31. The van der Waals surface area contributed by atoms with Crippen molar-refractivity contribution in [3.63, 3.8) is 0 Å². The minimum atomic E-state index is -1.97. The molecule has 4 rings (SSSR count). The van der Waals surface area contributed by atoms with E-state index in [1.165, 1.54) is 10.4 Å². The van der Waals surface area contributed by atoms with Crippen LogP contribution in [0, 0.1) is 0 Å². The molecule has 6 nitrogen and oxygen atoms in total. The maximum atomic E-state index is 5.91. The Morgan fingerprint density at radius 2 is 0.971 bits per heavy atom. The molecule has 2 saturated heterocycles. The standard InChI is InChI=1S/C28H40O6Si/c1-3-9-27(10-4-1)35(28-11-5-2-6-12-28,19-7-13-29-15-17-31-21-25-23-33-25)20-8-14-30-16-18-32-22-26-24-34-26/h1-6,9-12,25-26H,7-8,13-24H2. The van der Waals surface area contributed by atoms with E-state index in [1.54, 1.807) is 0 Å². The highest BCUT2D eigenvalue weighted by Gasteiger charge is 2.36. The number of ether oxygens (including phenoxy) is 6. The molecular formula is C28H40O6Si. The summed E-state index contributed by atoms with van der Waals surface area (Å²) < 4.78 is 33.3. The summed E-state index contributed by atoms with van der Waals surface area (Å²) in [6.07, 6.45) is 2.71. The molecular weight excluding hydrogens is 460 g/mol. The second kappa shape index (κ2) is 14.9. The van der Waals surface area contributed by atoms with Gasteiger partial charge in [-0.3, -0.25) is 0 Å². The van der Waals surface area contributed by atoms with Crippen LogP contribution >= 0.6 is 0 Å². The third-order valence-corrected chi connectivity index (χ3v) is 11.9. The highest BCUT2D eigenvalue weighted by molar-refractivity contribution is 7.02. The molecule has 0 spiro atoms. The smallest absolute Gasteiger partial charge is 0.118 e. The van der Waals surface area contributed by atoms with Crippen molar-refractivity contribution in [3.8, 4) is 0 Å². The van der Waals surface area contributed by atoms with Gasteiger partial charge in [0.2, 0.25) is 0 Å². The molecule has 7 heteroatoms. The van der Waals surface area contributed by atoms with Crippen LogP contribution in [0.5, 0.6) is 0 Å². The predicted molar refractivity (Wildman–Crippen MR) is 140 cm³/mol. The molecule has 2 aliphatic rings. The minimum Gasteiger partial charge on any atom is -0.379 e.